The number of nitrogens with one attached hydrogen (secondary N) is 1. The molecule has 0 spiro atoms. The number of amides is 1. The number of aliphatic carboxylic acids is 1. The van der Waals surface area contributed by atoms with Crippen LogP contribution in [0, 0.1) is 12.8 Å². The molecule has 1 amide bonds. The van der Waals surface area contributed by atoms with E-state index < -0.39 is 24.0 Å². The Morgan fingerprint density at radius 1 is 1.03 bits per heavy atom. The summed E-state index contributed by atoms with van der Waals surface area (Å²) in [5, 5.41) is 12.5. The molecule has 7 heteroatoms. The second-order valence-electron chi connectivity index (χ2n) is 9.03. The van der Waals surface area contributed by atoms with Gasteiger partial charge in [0.1, 0.15) is 11.8 Å². The van der Waals surface area contributed by atoms with Gasteiger partial charge >= 0.3 is 5.97 Å². The normalized spacial score (nSPS) is 12.7. The number of aromatic nitrogens is 1. The van der Waals surface area contributed by atoms with Crippen LogP contribution in [-0.4, -0.2) is 28.7 Å². The number of carboxylic acid groups (broad SMARTS) is 1. The van der Waals surface area contributed by atoms with E-state index in [9.17, 15) is 19.5 Å². The van der Waals surface area contributed by atoms with Crippen LogP contribution in [0.1, 0.15) is 49.9 Å². The van der Waals surface area contributed by atoms with E-state index >= 15 is 0 Å². The number of methoxy groups -OCH3 is 1. The lowest BCUT2D eigenvalue weighted by Gasteiger charge is -2.25. The minimum absolute atomic E-state index is 0.143. The Labute approximate surface area is 205 Å². The fourth-order valence-electron chi connectivity index (χ4n) is 4.21. The van der Waals surface area contributed by atoms with Gasteiger partial charge in [-0.3, -0.25) is 14.4 Å². The van der Waals surface area contributed by atoms with E-state index in [1.165, 1.54) is 10.6 Å². The first-order valence-corrected chi connectivity index (χ1v) is 11.6. The minimum Gasteiger partial charge on any atom is -0.496 e. The maximum Gasteiger partial charge on any atom is 0.305 e. The third kappa shape index (κ3) is 6.38. The van der Waals surface area contributed by atoms with Gasteiger partial charge in [0.05, 0.1) is 19.6 Å². The first kappa shape index (κ1) is 25.7. The van der Waals surface area contributed by atoms with E-state index in [-0.39, 0.29) is 17.9 Å². The molecular formula is C28H32N2O5. The van der Waals surface area contributed by atoms with Gasteiger partial charge in [0.15, 0.2) is 0 Å². The first-order chi connectivity index (χ1) is 16.7. The number of benzene rings is 2. The average molecular weight is 477 g/mol. The molecule has 2 aromatic carbocycles. The molecule has 0 fully saturated rings. The van der Waals surface area contributed by atoms with Crippen molar-refractivity contribution >= 4 is 11.9 Å². The van der Waals surface area contributed by atoms with Crippen LogP contribution in [0.4, 0.5) is 0 Å². The number of rotatable bonds is 10. The summed E-state index contributed by atoms with van der Waals surface area (Å²) in [4.78, 5) is 37.6. The molecule has 1 heterocycles. The predicted molar refractivity (Wildman–Crippen MR) is 135 cm³/mol. The molecule has 3 rings (SSSR count). The summed E-state index contributed by atoms with van der Waals surface area (Å²) in [5.41, 5.74) is 3.17. The van der Waals surface area contributed by atoms with Gasteiger partial charge in [-0.2, -0.15) is 0 Å². The molecule has 1 aromatic heterocycles. The van der Waals surface area contributed by atoms with Crippen LogP contribution in [0.15, 0.2) is 71.7 Å². The molecule has 0 bridgehead atoms. The molecule has 2 unspecified atom stereocenters. The van der Waals surface area contributed by atoms with Crippen molar-refractivity contribution in [3.05, 3.63) is 88.3 Å². The number of carboxylic acids is 1. The van der Waals surface area contributed by atoms with Gasteiger partial charge in [-0.25, -0.2) is 0 Å². The standard InChI is InChI=1S/C28H32N2O5/c1-18(2)15-24(30-14-8-7-11-26(30)31)28(34)29-23(17-27(32)33)20-12-13-25(35-4)22(16-20)21-10-6-5-9-19(21)3/h5-14,16,18,23-24H,15,17H2,1-4H3,(H,29,34)(H,32,33). The van der Waals surface area contributed by atoms with Crippen LogP contribution in [0.3, 0.4) is 0 Å². The van der Waals surface area contributed by atoms with Crippen LogP contribution >= 0.6 is 0 Å². The van der Waals surface area contributed by atoms with E-state index in [1.54, 1.807) is 37.6 Å². The van der Waals surface area contributed by atoms with Gasteiger partial charge in [-0.15, -0.1) is 0 Å². The van der Waals surface area contributed by atoms with E-state index in [0.717, 1.165) is 16.7 Å². The Hall–Kier alpha value is -3.87. The molecular weight excluding hydrogens is 444 g/mol. The lowest BCUT2D eigenvalue weighted by Crippen LogP contribution is -2.39. The number of aryl methyl sites for hydroxylation is 1. The van der Waals surface area contributed by atoms with Gasteiger partial charge in [0, 0.05) is 17.8 Å². The van der Waals surface area contributed by atoms with Crippen molar-refractivity contribution in [2.45, 2.75) is 45.7 Å². The molecule has 0 aliphatic carbocycles. The molecule has 184 valence electrons. The summed E-state index contributed by atoms with van der Waals surface area (Å²) in [6, 6.07) is 16.4. The van der Waals surface area contributed by atoms with Crippen molar-refractivity contribution in [2.24, 2.45) is 5.92 Å². The SMILES string of the molecule is COc1ccc(C(CC(=O)O)NC(=O)C(CC(C)C)n2ccccc2=O)cc1-c1ccccc1C. The Balaban J connectivity index is 2.01. The van der Waals surface area contributed by atoms with Crippen molar-refractivity contribution < 1.29 is 19.4 Å². The molecule has 3 aromatic rings. The summed E-state index contributed by atoms with van der Waals surface area (Å²) in [6.45, 7) is 5.94. The molecule has 35 heavy (non-hydrogen) atoms. The topological polar surface area (TPSA) is 97.6 Å². The lowest BCUT2D eigenvalue weighted by molar-refractivity contribution is -0.138. The predicted octanol–water partition coefficient (Wildman–Crippen LogP) is 4.75. The van der Waals surface area contributed by atoms with E-state index in [4.69, 9.17) is 4.74 Å². The number of carbonyl (C=O) groups excluding carboxylic acids is 1. The second-order valence-corrected chi connectivity index (χ2v) is 9.03. The van der Waals surface area contributed by atoms with Crippen LogP contribution in [0.5, 0.6) is 5.75 Å². The summed E-state index contributed by atoms with van der Waals surface area (Å²) in [7, 11) is 1.58. The van der Waals surface area contributed by atoms with Crippen molar-refractivity contribution in [3.63, 3.8) is 0 Å². The summed E-state index contributed by atoms with van der Waals surface area (Å²) < 4.78 is 6.97. The van der Waals surface area contributed by atoms with Gasteiger partial charge < -0.3 is 19.7 Å². The highest BCUT2D eigenvalue weighted by molar-refractivity contribution is 5.82. The third-order valence-electron chi connectivity index (χ3n) is 5.94. The smallest absolute Gasteiger partial charge is 0.305 e. The van der Waals surface area contributed by atoms with Gasteiger partial charge in [0.2, 0.25) is 5.91 Å². The molecule has 0 radical (unpaired) electrons. The molecule has 0 saturated heterocycles. The van der Waals surface area contributed by atoms with Gasteiger partial charge in [-0.1, -0.05) is 50.2 Å². The summed E-state index contributed by atoms with van der Waals surface area (Å²) in [5.74, 6) is -0.645. The number of hydrogen-bond donors (Lipinski definition) is 2. The second kappa shape index (κ2) is 11.5. The quantitative estimate of drug-likeness (QED) is 0.440. The largest absolute Gasteiger partial charge is 0.496 e. The van der Waals surface area contributed by atoms with Crippen LogP contribution in [0.2, 0.25) is 0 Å². The van der Waals surface area contributed by atoms with Gasteiger partial charge in [0.25, 0.3) is 5.56 Å². The van der Waals surface area contributed by atoms with Crippen molar-refractivity contribution in [1.82, 2.24) is 9.88 Å². The Morgan fingerprint density at radius 2 is 1.74 bits per heavy atom. The monoisotopic (exact) mass is 476 g/mol. The fourth-order valence-corrected chi connectivity index (χ4v) is 4.21. The highest BCUT2D eigenvalue weighted by Crippen LogP contribution is 2.35. The average Bonchev–Trinajstić information content (AvgIpc) is 2.82. The Morgan fingerprint density at radius 3 is 2.37 bits per heavy atom. The zero-order valence-corrected chi connectivity index (χ0v) is 20.5. The van der Waals surface area contributed by atoms with Gasteiger partial charge in [-0.05, 0) is 54.2 Å². The maximum absolute atomic E-state index is 13.4. The van der Waals surface area contributed by atoms with Crippen LogP contribution < -0.4 is 15.6 Å². The number of pyridine rings is 1. The number of carbonyl (C=O) groups is 2. The summed E-state index contributed by atoms with van der Waals surface area (Å²) >= 11 is 0. The van der Waals surface area contributed by atoms with E-state index in [1.807, 2.05) is 51.1 Å². The van der Waals surface area contributed by atoms with Crippen LogP contribution in [0.25, 0.3) is 11.1 Å². The minimum atomic E-state index is -1.04. The first-order valence-electron chi connectivity index (χ1n) is 11.6. The number of nitrogens with zero attached hydrogens (tertiary/aromatic N) is 1. The molecule has 7 nitrogen and oxygen atoms in total. The van der Waals surface area contributed by atoms with Crippen molar-refractivity contribution in [1.29, 1.82) is 0 Å². The lowest BCUT2D eigenvalue weighted by atomic mass is 9.94. The molecule has 0 saturated carbocycles. The third-order valence-corrected chi connectivity index (χ3v) is 5.94. The van der Waals surface area contributed by atoms with E-state index in [2.05, 4.69) is 5.32 Å². The van der Waals surface area contributed by atoms with Crippen molar-refractivity contribution in [3.8, 4) is 16.9 Å². The number of hydrogen-bond acceptors (Lipinski definition) is 4. The van der Waals surface area contributed by atoms with Crippen LogP contribution in [-0.2, 0) is 9.59 Å². The Kier molecular flexibility index (Phi) is 8.47. The fraction of sp³-hybridized carbons (Fsp3) is 0.321. The molecule has 0 aliphatic rings. The van der Waals surface area contributed by atoms with E-state index in [0.29, 0.717) is 17.7 Å². The van der Waals surface area contributed by atoms with Crippen molar-refractivity contribution in [2.75, 3.05) is 7.11 Å². The molecule has 2 atom stereocenters. The molecule has 2 N–H and O–H groups in total. The zero-order valence-electron chi connectivity index (χ0n) is 20.5. The zero-order chi connectivity index (χ0) is 25.5. The number of ether oxygens (including phenoxy) is 1. The maximum atomic E-state index is 13.4. The highest BCUT2D eigenvalue weighted by Gasteiger charge is 2.27. The Bertz CT molecular complexity index is 1250. The molecule has 0 aliphatic heterocycles. The summed E-state index contributed by atoms with van der Waals surface area (Å²) in [6.07, 6.45) is 1.72. The highest BCUT2D eigenvalue weighted by atomic mass is 16.5.